The van der Waals surface area contributed by atoms with Crippen LogP contribution in [-0.2, 0) is 0 Å². The lowest BCUT2D eigenvalue weighted by Crippen LogP contribution is -1.94. The molecule has 0 aliphatic carbocycles. The monoisotopic (exact) mass is 175 g/mol. The highest BCUT2D eigenvalue weighted by molar-refractivity contribution is 6.45. The maximum atomic E-state index is 2.21. The number of allylic oxidation sites excluding steroid dienone is 6. The van der Waals surface area contributed by atoms with E-state index in [-0.39, 0.29) is 0 Å². The quantitative estimate of drug-likeness (QED) is 0.448. The molecule has 0 aromatic heterocycles. The molecule has 0 bridgehead atoms. The summed E-state index contributed by atoms with van der Waals surface area (Å²) >= 11 is 0. The summed E-state index contributed by atoms with van der Waals surface area (Å²) in [4.78, 5) is 0. The third-order valence-corrected chi connectivity index (χ3v) is 1.99. The van der Waals surface area contributed by atoms with Crippen molar-refractivity contribution in [3.8, 4) is 0 Å². The van der Waals surface area contributed by atoms with Gasteiger partial charge in [-0.25, -0.2) is 0 Å². The van der Waals surface area contributed by atoms with Gasteiger partial charge in [-0.3, -0.25) is 0 Å². The standard InChI is InChI=1S/C12H20B/c1-6-11(9-8-10(3)4)12(7-2)13-5/h7-9H,6H2,1-5H3/b11-9-,12-7+. The van der Waals surface area contributed by atoms with Crippen LogP contribution in [0.2, 0.25) is 6.82 Å². The highest BCUT2D eigenvalue weighted by Gasteiger charge is 1.98. The smallest absolute Gasteiger partial charge is 0.0937 e. The Labute approximate surface area is 83.7 Å². The Morgan fingerprint density at radius 1 is 1.23 bits per heavy atom. The average molecular weight is 175 g/mol. The molecule has 0 N–H and O–H groups in total. The van der Waals surface area contributed by atoms with Crippen molar-refractivity contribution in [3.63, 3.8) is 0 Å². The summed E-state index contributed by atoms with van der Waals surface area (Å²) in [6.45, 7) is 10.6. The predicted octanol–water partition coefficient (Wildman–Crippen LogP) is 3.95. The van der Waals surface area contributed by atoms with Gasteiger partial charge in [0.05, 0.1) is 0 Å². The van der Waals surface area contributed by atoms with Gasteiger partial charge in [-0.05, 0) is 27.2 Å². The molecule has 0 aliphatic heterocycles. The van der Waals surface area contributed by atoms with Crippen LogP contribution >= 0.6 is 0 Å². The van der Waals surface area contributed by atoms with Crippen LogP contribution in [0, 0.1) is 0 Å². The van der Waals surface area contributed by atoms with Gasteiger partial charge in [0.15, 0.2) is 0 Å². The van der Waals surface area contributed by atoms with Gasteiger partial charge in [0, 0.05) is 0 Å². The normalized spacial score (nSPS) is 12.7. The summed E-state index contributed by atoms with van der Waals surface area (Å²) < 4.78 is 0. The summed E-state index contributed by atoms with van der Waals surface area (Å²) in [5.41, 5.74) is 4.10. The molecular weight excluding hydrogens is 155 g/mol. The summed E-state index contributed by atoms with van der Waals surface area (Å²) in [5.74, 6) is 0. The van der Waals surface area contributed by atoms with Crippen molar-refractivity contribution in [2.75, 3.05) is 0 Å². The highest BCUT2D eigenvalue weighted by Crippen LogP contribution is 2.13. The minimum Gasteiger partial charge on any atom is -0.0937 e. The Hall–Kier alpha value is -0.715. The topological polar surface area (TPSA) is 0 Å². The molecule has 0 saturated heterocycles. The Morgan fingerprint density at radius 3 is 2.15 bits per heavy atom. The molecule has 0 spiro atoms. The number of hydrogen-bond acceptors (Lipinski definition) is 0. The van der Waals surface area contributed by atoms with E-state index >= 15 is 0 Å². The summed E-state index contributed by atoms with van der Waals surface area (Å²) in [6, 6.07) is 0. The molecule has 0 heterocycles. The lowest BCUT2D eigenvalue weighted by molar-refractivity contribution is 1.13. The average Bonchev–Trinajstić information content (AvgIpc) is 2.11. The van der Waals surface area contributed by atoms with Crippen LogP contribution in [0.25, 0.3) is 0 Å². The van der Waals surface area contributed by atoms with E-state index in [0.29, 0.717) is 0 Å². The van der Waals surface area contributed by atoms with Crippen molar-refractivity contribution < 1.29 is 0 Å². The van der Waals surface area contributed by atoms with Gasteiger partial charge in [-0.2, -0.15) is 0 Å². The van der Waals surface area contributed by atoms with Gasteiger partial charge in [-0.15, -0.1) is 0 Å². The van der Waals surface area contributed by atoms with Crippen LogP contribution in [0.4, 0.5) is 0 Å². The van der Waals surface area contributed by atoms with E-state index in [1.54, 1.807) is 0 Å². The SMILES string of the molecule is C[B]C(=C/C)/C(=C\C=C(C)C)CC. The van der Waals surface area contributed by atoms with Crippen molar-refractivity contribution in [2.24, 2.45) is 0 Å². The first kappa shape index (κ1) is 12.3. The molecule has 0 rings (SSSR count). The number of hydrogen-bond donors (Lipinski definition) is 0. The van der Waals surface area contributed by atoms with Crippen molar-refractivity contribution >= 4 is 7.28 Å². The van der Waals surface area contributed by atoms with Crippen LogP contribution in [0.5, 0.6) is 0 Å². The first-order valence-electron chi connectivity index (χ1n) is 4.95. The third kappa shape index (κ3) is 4.77. The zero-order valence-electron chi connectivity index (χ0n) is 9.52. The van der Waals surface area contributed by atoms with Crippen LogP contribution in [-0.4, -0.2) is 7.28 Å². The van der Waals surface area contributed by atoms with E-state index < -0.39 is 0 Å². The third-order valence-electron chi connectivity index (χ3n) is 1.99. The second-order valence-electron chi connectivity index (χ2n) is 3.32. The highest BCUT2D eigenvalue weighted by atomic mass is 14.0. The molecule has 0 atom stereocenters. The van der Waals surface area contributed by atoms with Crippen molar-refractivity contribution in [3.05, 3.63) is 34.8 Å². The van der Waals surface area contributed by atoms with E-state index in [9.17, 15) is 0 Å². The van der Waals surface area contributed by atoms with Gasteiger partial charge in [0.25, 0.3) is 0 Å². The second-order valence-corrected chi connectivity index (χ2v) is 3.32. The van der Waals surface area contributed by atoms with Gasteiger partial charge < -0.3 is 0 Å². The fourth-order valence-electron chi connectivity index (χ4n) is 1.22. The minimum atomic E-state index is 1.09. The fraction of sp³-hybridized carbons (Fsp3) is 0.500. The molecule has 1 radical (unpaired) electrons. The van der Waals surface area contributed by atoms with E-state index in [2.05, 4.69) is 60.0 Å². The molecule has 1 heteroatoms. The minimum absolute atomic E-state index is 1.09. The summed E-state index contributed by atoms with van der Waals surface area (Å²) in [7, 11) is 2.16. The Balaban J connectivity index is 4.68. The van der Waals surface area contributed by atoms with Crippen molar-refractivity contribution in [1.29, 1.82) is 0 Å². The Morgan fingerprint density at radius 2 is 1.85 bits per heavy atom. The first-order valence-corrected chi connectivity index (χ1v) is 4.95. The van der Waals surface area contributed by atoms with Crippen LogP contribution in [0.15, 0.2) is 34.8 Å². The predicted molar refractivity (Wildman–Crippen MR) is 63.2 cm³/mol. The second kappa shape index (κ2) is 6.76. The Bertz CT molecular complexity index is 228. The van der Waals surface area contributed by atoms with Gasteiger partial charge in [0.2, 0.25) is 0 Å². The van der Waals surface area contributed by atoms with E-state index in [0.717, 1.165) is 6.42 Å². The molecule has 0 unspecified atom stereocenters. The molecular formula is C12H20B. The maximum Gasteiger partial charge on any atom is 0.148 e. The molecule has 13 heavy (non-hydrogen) atoms. The molecule has 0 aromatic carbocycles. The fourth-order valence-corrected chi connectivity index (χ4v) is 1.22. The zero-order valence-corrected chi connectivity index (χ0v) is 9.52. The van der Waals surface area contributed by atoms with Gasteiger partial charge in [0.1, 0.15) is 7.28 Å². The van der Waals surface area contributed by atoms with Crippen LogP contribution in [0.1, 0.15) is 34.1 Å². The molecule has 0 nitrogen and oxygen atoms in total. The van der Waals surface area contributed by atoms with Crippen LogP contribution in [0.3, 0.4) is 0 Å². The molecule has 71 valence electrons. The summed E-state index contributed by atoms with van der Waals surface area (Å²) in [5, 5.41) is 0. The van der Waals surface area contributed by atoms with Crippen molar-refractivity contribution in [1.82, 2.24) is 0 Å². The molecule has 0 aliphatic rings. The maximum absolute atomic E-state index is 2.21. The number of rotatable bonds is 4. The van der Waals surface area contributed by atoms with Crippen LogP contribution < -0.4 is 0 Å². The molecule has 0 fully saturated rings. The summed E-state index contributed by atoms with van der Waals surface area (Å²) in [6.07, 6.45) is 7.64. The molecule has 0 saturated carbocycles. The van der Waals surface area contributed by atoms with E-state index in [4.69, 9.17) is 0 Å². The molecule has 0 aromatic rings. The van der Waals surface area contributed by atoms with E-state index in [1.165, 1.54) is 16.6 Å². The van der Waals surface area contributed by atoms with Gasteiger partial charge >= 0.3 is 0 Å². The largest absolute Gasteiger partial charge is 0.148 e. The zero-order chi connectivity index (χ0) is 10.3. The van der Waals surface area contributed by atoms with Gasteiger partial charge in [-0.1, -0.05) is 48.6 Å². The lowest BCUT2D eigenvalue weighted by atomic mass is 9.68. The Kier molecular flexibility index (Phi) is 6.39. The molecule has 0 amide bonds. The van der Waals surface area contributed by atoms with Crippen molar-refractivity contribution in [2.45, 2.75) is 40.9 Å². The lowest BCUT2D eigenvalue weighted by Gasteiger charge is -2.05. The van der Waals surface area contributed by atoms with E-state index in [1.807, 2.05) is 0 Å². The first-order chi connectivity index (χ1) is 6.15.